The second kappa shape index (κ2) is 6.63. The summed E-state index contributed by atoms with van der Waals surface area (Å²) in [6.07, 6.45) is 3.02. The fourth-order valence-electron chi connectivity index (χ4n) is 2.23. The van der Waals surface area contributed by atoms with Gasteiger partial charge in [0, 0.05) is 5.69 Å². The number of anilines is 1. The Balaban J connectivity index is 1.95. The summed E-state index contributed by atoms with van der Waals surface area (Å²) >= 11 is 0. The van der Waals surface area contributed by atoms with Crippen molar-refractivity contribution >= 4 is 11.6 Å². The van der Waals surface area contributed by atoms with Gasteiger partial charge in [0.15, 0.2) is 0 Å². The van der Waals surface area contributed by atoms with Crippen LogP contribution in [0.3, 0.4) is 0 Å². The Morgan fingerprint density at radius 2 is 1.55 bits per heavy atom. The summed E-state index contributed by atoms with van der Waals surface area (Å²) in [6, 6.07) is 21.2. The molecule has 2 aromatic carbocycles. The van der Waals surface area contributed by atoms with Crippen molar-refractivity contribution in [2.45, 2.75) is 6.54 Å². The molecule has 0 saturated heterocycles. The summed E-state index contributed by atoms with van der Waals surface area (Å²) in [6.45, 7) is 0.506. The molecule has 1 aromatic heterocycles. The molecule has 0 saturated carbocycles. The Hall–Kier alpha value is -3.01. The van der Waals surface area contributed by atoms with Crippen molar-refractivity contribution in [3.05, 3.63) is 90.3 Å². The average molecular weight is 289 g/mol. The summed E-state index contributed by atoms with van der Waals surface area (Å²) in [5.41, 5.74) is 2.45. The molecule has 3 aromatic rings. The van der Waals surface area contributed by atoms with Crippen molar-refractivity contribution in [2.24, 2.45) is 0 Å². The second-order valence-corrected chi connectivity index (χ2v) is 4.84. The van der Waals surface area contributed by atoms with Crippen LogP contribution in [0.25, 0.3) is 0 Å². The molecule has 4 heteroatoms. The van der Waals surface area contributed by atoms with Crippen LogP contribution in [0.2, 0.25) is 0 Å². The van der Waals surface area contributed by atoms with Crippen LogP contribution < -0.4 is 4.90 Å². The van der Waals surface area contributed by atoms with E-state index in [0.717, 1.165) is 11.3 Å². The molecule has 0 aliphatic rings. The molecule has 108 valence electrons. The number of rotatable bonds is 4. The minimum atomic E-state index is -0.0926. The summed E-state index contributed by atoms with van der Waals surface area (Å²) in [4.78, 5) is 14.6. The Bertz CT molecular complexity index is 730. The molecule has 0 bridgehead atoms. The smallest absolute Gasteiger partial charge is 0.260 e. The molecule has 0 atom stereocenters. The molecule has 0 N–H and O–H groups in total. The Kier molecular flexibility index (Phi) is 4.20. The number of benzene rings is 2. The van der Waals surface area contributed by atoms with Crippen molar-refractivity contribution < 1.29 is 4.79 Å². The van der Waals surface area contributed by atoms with Crippen molar-refractivity contribution in [3.63, 3.8) is 0 Å². The third kappa shape index (κ3) is 3.17. The van der Waals surface area contributed by atoms with Gasteiger partial charge >= 0.3 is 0 Å². The zero-order chi connectivity index (χ0) is 15.2. The maximum absolute atomic E-state index is 12.8. The van der Waals surface area contributed by atoms with Gasteiger partial charge < -0.3 is 4.90 Å². The van der Waals surface area contributed by atoms with Gasteiger partial charge in [-0.2, -0.15) is 10.2 Å². The molecule has 0 radical (unpaired) electrons. The normalized spacial score (nSPS) is 10.2. The lowest BCUT2D eigenvalue weighted by molar-refractivity contribution is 0.0984. The van der Waals surface area contributed by atoms with Gasteiger partial charge in [0.1, 0.15) is 0 Å². The highest BCUT2D eigenvalue weighted by molar-refractivity contribution is 6.05. The quantitative estimate of drug-likeness (QED) is 0.740. The first kappa shape index (κ1) is 13.9. The lowest BCUT2D eigenvalue weighted by atomic mass is 10.1. The monoisotopic (exact) mass is 289 g/mol. The van der Waals surface area contributed by atoms with Crippen LogP contribution in [0.5, 0.6) is 0 Å². The Labute approximate surface area is 129 Å². The van der Waals surface area contributed by atoms with Crippen LogP contribution in [-0.4, -0.2) is 16.1 Å². The van der Waals surface area contributed by atoms with E-state index < -0.39 is 0 Å². The van der Waals surface area contributed by atoms with E-state index in [1.165, 1.54) is 12.4 Å². The van der Waals surface area contributed by atoms with Crippen molar-refractivity contribution in [3.8, 4) is 0 Å². The van der Waals surface area contributed by atoms with Gasteiger partial charge in [0.25, 0.3) is 5.91 Å². The van der Waals surface area contributed by atoms with E-state index in [4.69, 9.17) is 0 Å². The predicted octanol–water partition coefficient (Wildman–Crippen LogP) is 3.32. The molecule has 0 spiro atoms. The highest BCUT2D eigenvalue weighted by Crippen LogP contribution is 2.19. The van der Waals surface area contributed by atoms with Crippen LogP contribution in [0.4, 0.5) is 5.69 Å². The number of amides is 1. The Morgan fingerprint density at radius 1 is 0.864 bits per heavy atom. The highest BCUT2D eigenvalue weighted by Gasteiger charge is 2.18. The van der Waals surface area contributed by atoms with Crippen molar-refractivity contribution in [2.75, 3.05) is 4.90 Å². The zero-order valence-corrected chi connectivity index (χ0v) is 12.0. The van der Waals surface area contributed by atoms with Crippen LogP contribution in [0.15, 0.2) is 79.1 Å². The van der Waals surface area contributed by atoms with Gasteiger partial charge in [-0.1, -0.05) is 48.5 Å². The average Bonchev–Trinajstić information content (AvgIpc) is 2.61. The van der Waals surface area contributed by atoms with Crippen LogP contribution in [0.1, 0.15) is 15.9 Å². The lowest BCUT2D eigenvalue weighted by Crippen LogP contribution is -2.30. The van der Waals surface area contributed by atoms with Gasteiger partial charge in [0.05, 0.1) is 24.5 Å². The molecule has 1 heterocycles. The van der Waals surface area contributed by atoms with E-state index in [1.54, 1.807) is 11.0 Å². The molecule has 0 fully saturated rings. The van der Waals surface area contributed by atoms with Gasteiger partial charge in [0.2, 0.25) is 0 Å². The molecule has 0 aliphatic heterocycles. The number of para-hydroxylation sites is 1. The standard InChI is InChI=1S/C18H15N3O/c22-18(16-11-12-19-20-13-16)21(17-9-5-2-6-10-17)14-15-7-3-1-4-8-15/h1-13H,14H2. The van der Waals surface area contributed by atoms with E-state index in [-0.39, 0.29) is 5.91 Å². The molecule has 22 heavy (non-hydrogen) atoms. The largest absolute Gasteiger partial charge is 0.304 e. The first-order chi connectivity index (χ1) is 10.8. The fourth-order valence-corrected chi connectivity index (χ4v) is 2.23. The van der Waals surface area contributed by atoms with Gasteiger partial charge in [-0.25, -0.2) is 0 Å². The maximum Gasteiger partial charge on any atom is 0.260 e. The number of carbonyl (C=O) groups is 1. The van der Waals surface area contributed by atoms with Crippen LogP contribution in [0, 0.1) is 0 Å². The second-order valence-electron chi connectivity index (χ2n) is 4.84. The van der Waals surface area contributed by atoms with E-state index in [0.29, 0.717) is 12.1 Å². The summed E-state index contributed by atoms with van der Waals surface area (Å²) < 4.78 is 0. The number of nitrogens with zero attached hydrogens (tertiary/aromatic N) is 3. The van der Waals surface area contributed by atoms with Gasteiger partial charge in [-0.3, -0.25) is 4.79 Å². The van der Waals surface area contributed by atoms with E-state index in [9.17, 15) is 4.79 Å². The first-order valence-corrected chi connectivity index (χ1v) is 7.02. The predicted molar refractivity (Wildman–Crippen MR) is 85.4 cm³/mol. The molecule has 3 rings (SSSR count). The van der Waals surface area contributed by atoms with Gasteiger partial charge in [-0.05, 0) is 23.8 Å². The summed E-state index contributed by atoms with van der Waals surface area (Å²) in [7, 11) is 0. The SMILES string of the molecule is O=C(c1ccnnc1)N(Cc1ccccc1)c1ccccc1. The number of carbonyl (C=O) groups excluding carboxylic acids is 1. The van der Waals surface area contributed by atoms with E-state index in [2.05, 4.69) is 10.2 Å². The summed E-state index contributed by atoms with van der Waals surface area (Å²) in [5.74, 6) is -0.0926. The lowest BCUT2D eigenvalue weighted by Gasteiger charge is -2.23. The number of aromatic nitrogens is 2. The van der Waals surface area contributed by atoms with Crippen LogP contribution >= 0.6 is 0 Å². The highest BCUT2D eigenvalue weighted by atomic mass is 16.2. The minimum Gasteiger partial charge on any atom is -0.304 e. The fraction of sp³-hybridized carbons (Fsp3) is 0.0556. The number of hydrogen-bond acceptors (Lipinski definition) is 3. The topological polar surface area (TPSA) is 46.1 Å². The van der Waals surface area contributed by atoms with Crippen molar-refractivity contribution in [1.29, 1.82) is 0 Å². The maximum atomic E-state index is 12.8. The Morgan fingerprint density at radius 3 is 2.18 bits per heavy atom. The van der Waals surface area contributed by atoms with E-state index in [1.807, 2.05) is 60.7 Å². The molecule has 0 aliphatic carbocycles. The van der Waals surface area contributed by atoms with Crippen LogP contribution in [-0.2, 0) is 6.54 Å². The number of hydrogen-bond donors (Lipinski definition) is 0. The van der Waals surface area contributed by atoms with Crippen molar-refractivity contribution in [1.82, 2.24) is 10.2 Å². The molecule has 1 amide bonds. The van der Waals surface area contributed by atoms with Gasteiger partial charge in [-0.15, -0.1) is 0 Å². The molecule has 0 unspecified atom stereocenters. The molecule has 4 nitrogen and oxygen atoms in total. The first-order valence-electron chi connectivity index (χ1n) is 7.02. The third-order valence-corrected chi connectivity index (χ3v) is 3.33. The summed E-state index contributed by atoms with van der Waals surface area (Å²) in [5, 5.41) is 7.51. The molecular formula is C18H15N3O. The third-order valence-electron chi connectivity index (χ3n) is 3.33. The molecular weight excluding hydrogens is 274 g/mol. The zero-order valence-electron chi connectivity index (χ0n) is 12.0. The minimum absolute atomic E-state index is 0.0926. The van der Waals surface area contributed by atoms with E-state index >= 15 is 0 Å².